The lowest BCUT2D eigenvalue weighted by Gasteiger charge is -2.16. The molecule has 0 aromatic heterocycles. The minimum absolute atomic E-state index is 0.142. The lowest BCUT2D eigenvalue weighted by molar-refractivity contribution is -0.176. The van der Waals surface area contributed by atoms with Crippen molar-refractivity contribution in [3.05, 3.63) is 71.3 Å². The second-order valence-corrected chi connectivity index (χ2v) is 9.32. The minimum atomic E-state index is -4.35. The van der Waals surface area contributed by atoms with Gasteiger partial charge in [0.25, 0.3) is 0 Å². The van der Waals surface area contributed by atoms with E-state index in [4.69, 9.17) is 0 Å². The number of carbonyl (C=O) groups excluding carboxylic acids is 1. The molecule has 0 aliphatic carbocycles. The van der Waals surface area contributed by atoms with Gasteiger partial charge in [0, 0.05) is 19.2 Å². The molecule has 3 rings (SSSR count). The molecule has 0 saturated carbocycles. The Morgan fingerprint density at radius 2 is 1.72 bits per heavy atom. The first-order chi connectivity index (χ1) is 15.1. The molecule has 10 heteroatoms. The summed E-state index contributed by atoms with van der Waals surface area (Å²) in [5.74, 6) is -0.155. The zero-order chi connectivity index (χ0) is 23.2. The molecule has 1 saturated heterocycles. The van der Waals surface area contributed by atoms with Crippen molar-refractivity contribution in [2.24, 2.45) is 0 Å². The highest BCUT2D eigenvalue weighted by molar-refractivity contribution is 7.93. The van der Waals surface area contributed by atoms with Crippen molar-refractivity contribution in [3.8, 4) is 0 Å². The van der Waals surface area contributed by atoms with Gasteiger partial charge in [0.15, 0.2) is 0 Å². The Kier molecular flexibility index (Phi) is 7.57. The molecule has 0 spiro atoms. The highest BCUT2D eigenvalue weighted by Gasteiger charge is 2.28. The number of hydrogen-bond donors (Lipinski definition) is 1. The predicted molar refractivity (Wildman–Crippen MR) is 115 cm³/mol. The van der Waals surface area contributed by atoms with Gasteiger partial charge < -0.3 is 10.1 Å². The number of hydrogen-bond acceptors (Lipinski definition) is 4. The van der Waals surface area contributed by atoms with E-state index in [1.807, 2.05) is 0 Å². The van der Waals surface area contributed by atoms with Crippen LogP contribution in [0.4, 0.5) is 18.9 Å². The van der Waals surface area contributed by atoms with Crippen molar-refractivity contribution in [2.75, 3.05) is 23.2 Å². The quantitative estimate of drug-likeness (QED) is 0.601. The third-order valence-electron chi connectivity index (χ3n) is 4.73. The summed E-state index contributed by atoms with van der Waals surface area (Å²) in [5.41, 5.74) is 2.76. The van der Waals surface area contributed by atoms with Crippen LogP contribution in [0, 0.1) is 0 Å². The SMILES string of the molecule is O=C(/C=C/c1ccc(N2CCCS2(=O)=O)cc1)NCc1ccc(COCC(F)(F)F)cc1. The average molecular weight is 468 g/mol. The fourth-order valence-corrected chi connectivity index (χ4v) is 4.70. The molecule has 0 atom stereocenters. The van der Waals surface area contributed by atoms with Crippen molar-refractivity contribution < 1.29 is 31.1 Å². The number of alkyl halides is 3. The molecule has 1 aliphatic rings. The van der Waals surface area contributed by atoms with Crippen LogP contribution in [0.15, 0.2) is 54.6 Å². The van der Waals surface area contributed by atoms with Gasteiger partial charge in [0.2, 0.25) is 15.9 Å². The van der Waals surface area contributed by atoms with Gasteiger partial charge in [-0.2, -0.15) is 13.2 Å². The van der Waals surface area contributed by atoms with Crippen LogP contribution in [0.3, 0.4) is 0 Å². The normalized spacial score (nSPS) is 15.9. The molecular weight excluding hydrogens is 445 g/mol. The molecule has 6 nitrogen and oxygen atoms in total. The van der Waals surface area contributed by atoms with Crippen LogP contribution in [-0.2, 0) is 32.7 Å². The highest BCUT2D eigenvalue weighted by atomic mass is 32.2. The molecule has 2 aromatic rings. The lowest BCUT2D eigenvalue weighted by atomic mass is 10.1. The molecule has 172 valence electrons. The summed E-state index contributed by atoms with van der Waals surface area (Å²) in [6, 6.07) is 13.6. The van der Waals surface area contributed by atoms with Crippen LogP contribution in [0.2, 0.25) is 0 Å². The molecule has 1 amide bonds. The summed E-state index contributed by atoms with van der Waals surface area (Å²) in [4.78, 5) is 12.0. The summed E-state index contributed by atoms with van der Waals surface area (Å²) in [7, 11) is -3.23. The first-order valence-electron chi connectivity index (χ1n) is 9.91. The molecule has 1 N–H and O–H groups in total. The van der Waals surface area contributed by atoms with Gasteiger partial charge in [-0.25, -0.2) is 8.42 Å². The van der Waals surface area contributed by atoms with Gasteiger partial charge in [-0.1, -0.05) is 36.4 Å². The molecule has 0 unspecified atom stereocenters. The topological polar surface area (TPSA) is 75.7 Å². The van der Waals surface area contributed by atoms with Gasteiger partial charge in [0.05, 0.1) is 18.0 Å². The largest absolute Gasteiger partial charge is 0.411 e. The van der Waals surface area contributed by atoms with Gasteiger partial charge in [-0.3, -0.25) is 9.10 Å². The van der Waals surface area contributed by atoms with Crippen molar-refractivity contribution in [1.29, 1.82) is 0 Å². The molecule has 2 aromatic carbocycles. The van der Waals surface area contributed by atoms with Gasteiger partial charge >= 0.3 is 6.18 Å². The summed E-state index contributed by atoms with van der Waals surface area (Å²) < 4.78 is 66.2. The van der Waals surface area contributed by atoms with Gasteiger partial charge in [0.1, 0.15) is 6.61 Å². The molecule has 0 bridgehead atoms. The number of nitrogens with zero attached hydrogens (tertiary/aromatic N) is 1. The van der Waals surface area contributed by atoms with E-state index in [1.54, 1.807) is 54.6 Å². The Hall–Kier alpha value is -2.85. The van der Waals surface area contributed by atoms with Crippen molar-refractivity contribution >= 4 is 27.7 Å². The fourth-order valence-electron chi connectivity index (χ4n) is 3.14. The number of halogens is 3. The molecule has 1 heterocycles. The summed E-state index contributed by atoms with van der Waals surface area (Å²) in [6.45, 7) is -0.700. The maximum absolute atomic E-state index is 12.1. The summed E-state index contributed by atoms with van der Waals surface area (Å²) >= 11 is 0. The fraction of sp³-hybridized carbons (Fsp3) is 0.318. The Morgan fingerprint density at radius 1 is 1.06 bits per heavy atom. The number of carbonyl (C=O) groups is 1. The highest BCUT2D eigenvalue weighted by Crippen LogP contribution is 2.24. The van der Waals surface area contributed by atoms with Crippen LogP contribution in [0.1, 0.15) is 23.1 Å². The van der Waals surface area contributed by atoms with Crippen LogP contribution in [-0.4, -0.2) is 39.4 Å². The van der Waals surface area contributed by atoms with Crippen LogP contribution >= 0.6 is 0 Å². The van der Waals surface area contributed by atoms with Crippen molar-refractivity contribution in [3.63, 3.8) is 0 Å². The maximum Gasteiger partial charge on any atom is 0.411 e. The number of anilines is 1. The minimum Gasteiger partial charge on any atom is -0.367 e. The van der Waals surface area contributed by atoms with E-state index in [1.165, 1.54) is 10.4 Å². The van der Waals surface area contributed by atoms with Crippen LogP contribution in [0.25, 0.3) is 6.08 Å². The second-order valence-electron chi connectivity index (χ2n) is 7.31. The number of ether oxygens (including phenoxy) is 1. The Bertz CT molecular complexity index is 1050. The third kappa shape index (κ3) is 7.10. The number of sulfonamides is 1. The standard InChI is InChI=1S/C22H23F3N2O4S/c23-22(24,25)16-31-15-19-4-2-18(3-5-19)14-26-21(28)11-8-17-6-9-20(10-7-17)27-12-1-13-32(27,29)30/h2-11H,1,12-16H2,(H,26,28)/b11-8+. The van der Waals surface area contributed by atoms with E-state index in [2.05, 4.69) is 10.1 Å². The lowest BCUT2D eigenvalue weighted by Crippen LogP contribution is -2.24. The Labute approximate surface area is 184 Å². The first-order valence-corrected chi connectivity index (χ1v) is 11.5. The van der Waals surface area contributed by atoms with Gasteiger partial charge in [-0.05, 0) is 41.3 Å². The second kappa shape index (κ2) is 10.2. The predicted octanol–water partition coefficient (Wildman–Crippen LogP) is 3.64. The van der Waals surface area contributed by atoms with Crippen molar-refractivity contribution in [1.82, 2.24) is 5.32 Å². The third-order valence-corrected chi connectivity index (χ3v) is 6.60. The van der Waals surface area contributed by atoms with Crippen molar-refractivity contribution in [2.45, 2.75) is 25.7 Å². The molecular formula is C22H23F3N2O4S. The average Bonchev–Trinajstić information content (AvgIpc) is 3.10. The number of rotatable bonds is 8. The number of amides is 1. The summed E-state index contributed by atoms with van der Waals surface area (Å²) in [5, 5.41) is 2.73. The van der Waals surface area contributed by atoms with Crippen LogP contribution < -0.4 is 9.62 Å². The molecule has 1 aliphatic heterocycles. The number of nitrogens with one attached hydrogen (secondary N) is 1. The van der Waals surface area contributed by atoms with E-state index in [9.17, 15) is 26.4 Å². The van der Waals surface area contributed by atoms with Crippen LogP contribution in [0.5, 0.6) is 0 Å². The van der Waals surface area contributed by atoms with E-state index in [0.29, 0.717) is 24.2 Å². The van der Waals surface area contributed by atoms with E-state index in [0.717, 1.165) is 11.1 Å². The van der Waals surface area contributed by atoms with Gasteiger partial charge in [-0.15, -0.1) is 0 Å². The molecule has 32 heavy (non-hydrogen) atoms. The number of benzene rings is 2. The summed E-state index contributed by atoms with van der Waals surface area (Å²) in [6.07, 6.45) is -0.743. The van der Waals surface area contributed by atoms with E-state index >= 15 is 0 Å². The monoisotopic (exact) mass is 468 g/mol. The molecule has 0 radical (unpaired) electrons. The zero-order valence-corrected chi connectivity index (χ0v) is 18.0. The van der Waals surface area contributed by atoms with E-state index in [-0.39, 0.29) is 24.8 Å². The zero-order valence-electron chi connectivity index (χ0n) is 17.1. The molecule has 1 fully saturated rings. The Morgan fingerprint density at radius 3 is 2.31 bits per heavy atom. The Balaban J connectivity index is 1.45. The first kappa shape index (κ1) is 23.8. The van der Waals surface area contributed by atoms with E-state index < -0.39 is 22.8 Å². The maximum atomic E-state index is 12.1. The smallest absolute Gasteiger partial charge is 0.367 e.